The third-order valence-corrected chi connectivity index (χ3v) is 4.83. The number of para-hydroxylation sites is 1. The lowest BCUT2D eigenvalue weighted by Crippen LogP contribution is -2.13. The highest BCUT2D eigenvalue weighted by atomic mass is 16.5. The zero-order valence-corrected chi connectivity index (χ0v) is 18.7. The lowest BCUT2D eigenvalue weighted by molar-refractivity contribution is 0.102. The van der Waals surface area contributed by atoms with E-state index in [1.54, 1.807) is 59.3 Å². The van der Waals surface area contributed by atoms with Crippen LogP contribution < -0.4 is 19.5 Å². The van der Waals surface area contributed by atoms with Crippen molar-refractivity contribution in [3.8, 4) is 28.9 Å². The number of ether oxygens (including phenoxy) is 3. The highest BCUT2D eigenvalue weighted by Gasteiger charge is 2.16. The predicted molar refractivity (Wildman–Crippen MR) is 123 cm³/mol. The molecule has 0 saturated heterocycles. The van der Waals surface area contributed by atoms with Crippen molar-refractivity contribution in [1.82, 2.24) is 20.0 Å². The van der Waals surface area contributed by atoms with Crippen LogP contribution in [0.4, 0.5) is 5.69 Å². The topological polar surface area (TPSA) is 100 Å². The van der Waals surface area contributed by atoms with Crippen LogP contribution in [-0.2, 0) is 0 Å². The summed E-state index contributed by atoms with van der Waals surface area (Å²) in [5.41, 5.74) is 2.85. The third-order valence-electron chi connectivity index (χ3n) is 4.83. The molecule has 2 aromatic carbocycles. The molecule has 0 spiro atoms. The van der Waals surface area contributed by atoms with Crippen LogP contribution in [0.25, 0.3) is 5.82 Å². The average Bonchev–Trinajstić information content (AvgIpc) is 3.17. The molecular formula is C24H23N5O4. The van der Waals surface area contributed by atoms with Crippen molar-refractivity contribution >= 4 is 11.6 Å². The number of methoxy groups -OCH3 is 2. The van der Waals surface area contributed by atoms with Gasteiger partial charge in [-0.15, -0.1) is 10.2 Å². The van der Waals surface area contributed by atoms with Gasteiger partial charge < -0.3 is 19.5 Å². The zero-order chi connectivity index (χ0) is 23.4. The molecule has 2 heterocycles. The van der Waals surface area contributed by atoms with E-state index in [0.717, 1.165) is 11.4 Å². The molecule has 168 valence electrons. The van der Waals surface area contributed by atoms with Crippen molar-refractivity contribution in [1.29, 1.82) is 0 Å². The van der Waals surface area contributed by atoms with Crippen LogP contribution in [0.2, 0.25) is 0 Å². The van der Waals surface area contributed by atoms with E-state index in [2.05, 4.69) is 20.6 Å². The van der Waals surface area contributed by atoms with Gasteiger partial charge in [-0.3, -0.25) is 4.79 Å². The molecule has 0 bridgehead atoms. The van der Waals surface area contributed by atoms with Crippen molar-refractivity contribution in [3.63, 3.8) is 0 Å². The van der Waals surface area contributed by atoms with Crippen LogP contribution in [-0.4, -0.2) is 40.1 Å². The zero-order valence-electron chi connectivity index (χ0n) is 18.7. The quantitative estimate of drug-likeness (QED) is 0.452. The second-order valence-corrected chi connectivity index (χ2v) is 7.19. The molecule has 2 aromatic heterocycles. The maximum absolute atomic E-state index is 12.7. The van der Waals surface area contributed by atoms with Crippen LogP contribution in [0.5, 0.6) is 23.1 Å². The normalized spacial score (nSPS) is 10.5. The van der Waals surface area contributed by atoms with E-state index in [1.165, 1.54) is 14.2 Å². The van der Waals surface area contributed by atoms with Crippen LogP contribution in [0.3, 0.4) is 0 Å². The summed E-state index contributed by atoms with van der Waals surface area (Å²) in [6, 6.07) is 17.5. The van der Waals surface area contributed by atoms with E-state index in [1.807, 2.05) is 19.9 Å². The number of amides is 1. The smallest absolute Gasteiger partial charge is 0.259 e. The largest absolute Gasteiger partial charge is 0.493 e. The summed E-state index contributed by atoms with van der Waals surface area (Å²) in [7, 11) is 3.02. The van der Waals surface area contributed by atoms with Crippen molar-refractivity contribution in [3.05, 3.63) is 77.6 Å². The number of rotatable bonds is 7. The van der Waals surface area contributed by atoms with Crippen molar-refractivity contribution in [2.24, 2.45) is 0 Å². The third kappa shape index (κ3) is 4.77. The van der Waals surface area contributed by atoms with Crippen molar-refractivity contribution in [2.45, 2.75) is 13.8 Å². The highest BCUT2D eigenvalue weighted by Crippen LogP contribution is 2.31. The van der Waals surface area contributed by atoms with Crippen LogP contribution >= 0.6 is 0 Å². The van der Waals surface area contributed by atoms with Crippen LogP contribution in [0.1, 0.15) is 21.7 Å². The van der Waals surface area contributed by atoms with Gasteiger partial charge in [0.05, 0.1) is 25.5 Å². The molecule has 1 amide bonds. The first kappa shape index (κ1) is 21.8. The van der Waals surface area contributed by atoms with Gasteiger partial charge in [0.2, 0.25) is 5.88 Å². The molecule has 9 heteroatoms. The monoisotopic (exact) mass is 445 g/mol. The Balaban J connectivity index is 1.43. The van der Waals surface area contributed by atoms with Gasteiger partial charge in [0.15, 0.2) is 17.3 Å². The first-order valence-electron chi connectivity index (χ1n) is 10.2. The van der Waals surface area contributed by atoms with Gasteiger partial charge in [0.1, 0.15) is 5.75 Å². The van der Waals surface area contributed by atoms with Gasteiger partial charge in [0.25, 0.3) is 5.91 Å². The number of nitrogens with zero attached hydrogens (tertiary/aromatic N) is 4. The van der Waals surface area contributed by atoms with Gasteiger partial charge >= 0.3 is 0 Å². The number of carbonyl (C=O) groups is 1. The lowest BCUT2D eigenvalue weighted by atomic mass is 10.1. The molecule has 0 unspecified atom stereocenters. The summed E-state index contributed by atoms with van der Waals surface area (Å²) in [4.78, 5) is 12.7. The van der Waals surface area contributed by atoms with Crippen LogP contribution in [0.15, 0.2) is 60.7 Å². The number of benzene rings is 2. The Morgan fingerprint density at radius 2 is 1.73 bits per heavy atom. The minimum Gasteiger partial charge on any atom is -0.493 e. The molecule has 0 atom stereocenters. The minimum atomic E-state index is -0.315. The molecular weight excluding hydrogens is 422 g/mol. The number of carbonyl (C=O) groups excluding carboxylic acids is 1. The van der Waals surface area contributed by atoms with E-state index in [9.17, 15) is 4.79 Å². The Morgan fingerprint density at radius 1 is 0.939 bits per heavy atom. The Bertz CT molecular complexity index is 1270. The van der Waals surface area contributed by atoms with Gasteiger partial charge in [-0.1, -0.05) is 6.07 Å². The first-order valence-corrected chi connectivity index (χ1v) is 10.2. The fraction of sp³-hybridized carbons (Fsp3) is 0.167. The Hall–Kier alpha value is -4.40. The Kier molecular flexibility index (Phi) is 6.21. The molecule has 4 aromatic rings. The molecule has 0 saturated carbocycles. The van der Waals surface area contributed by atoms with Crippen molar-refractivity contribution in [2.75, 3.05) is 19.5 Å². The maximum atomic E-state index is 12.7. The molecule has 0 fully saturated rings. The number of hydrogen-bond acceptors (Lipinski definition) is 7. The fourth-order valence-electron chi connectivity index (χ4n) is 3.33. The van der Waals surface area contributed by atoms with E-state index in [4.69, 9.17) is 14.2 Å². The van der Waals surface area contributed by atoms with Crippen LogP contribution in [0, 0.1) is 13.8 Å². The van der Waals surface area contributed by atoms with Crippen molar-refractivity contribution < 1.29 is 19.0 Å². The summed E-state index contributed by atoms with van der Waals surface area (Å²) in [5, 5.41) is 15.5. The van der Waals surface area contributed by atoms with Gasteiger partial charge in [-0.05, 0) is 62.4 Å². The molecule has 4 rings (SSSR count). The first-order chi connectivity index (χ1) is 16.0. The standard InChI is InChI=1S/C24H23N5O4/c1-15-14-16(2)29(28-15)21-12-13-22(27-26-21)33-18-10-8-17(9-11-18)25-24(30)19-6-5-7-20(31-3)23(19)32-4/h5-14H,1-4H3,(H,25,30). The van der Waals surface area contributed by atoms with E-state index < -0.39 is 0 Å². The molecule has 1 N–H and O–H groups in total. The number of aryl methyl sites for hydroxylation is 2. The number of nitrogens with one attached hydrogen (secondary N) is 1. The molecule has 0 radical (unpaired) electrons. The average molecular weight is 445 g/mol. The fourth-order valence-corrected chi connectivity index (χ4v) is 3.33. The number of aromatic nitrogens is 4. The lowest BCUT2D eigenvalue weighted by Gasteiger charge is -2.13. The molecule has 33 heavy (non-hydrogen) atoms. The van der Waals surface area contributed by atoms with Gasteiger partial charge in [-0.25, -0.2) is 4.68 Å². The Morgan fingerprint density at radius 3 is 2.33 bits per heavy atom. The number of anilines is 1. The SMILES string of the molecule is COc1cccc(C(=O)Nc2ccc(Oc3ccc(-n4nc(C)cc4C)nn3)cc2)c1OC. The number of hydrogen-bond donors (Lipinski definition) is 1. The maximum Gasteiger partial charge on any atom is 0.259 e. The minimum absolute atomic E-state index is 0.315. The summed E-state index contributed by atoms with van der Waals surface area (Å²) in [6.45, 7) is 3.88. The van der Waals surface area contributed by atoms with Gasteiger partial charge in [-0.2, -0.15) is 5.10 Å². The molecule has 0 aliphatic heterocycles. The van der Waals surface area contributed by atoms with E-state index in [0.29, 0.717) is 40.2 Å². The second kappa shape index (κ2) is 9.39. The summed E-state index contributed by atoms with van der Waals surface area (Å²) in [5.74, 6) is 2.06. The second-order valence-electron chi connectivity index (χ2n) is 7.19. The summed E-state index contributed by atoms with van der Waals surface area (Å²) < 4.78 is 18.1. The van der Waals surface area contributed by atoms with Gasteiger partial charge in [0, 0.05) is 17.4 Å². The summed E-state index contributed by atoms with van der Waals surface area (Å²) >= 11 is 0. The predicted octanol–water partition coefficient (Wildman–Crippen LogP) is 4.34. The molecule has 0 aliphatic carbocycles. The highest BCUT2D eigenvalue weighted by molar-refractivity contribution is 6.06. The molecule has 0 aliphatic rings. The van der Waals surface area contributed by atoms with E-state index >= 15 is 0 Å². The Labute approximate surface area is 190 Å². The van der Waals surface area contributed by atoms with E-state index in [-0.39, 0.29) is 5.91 Å². The molecule has 9 nitrogen and oxygen atoms in total. The summed E-state index contributed by atoms with van der Waals surface area (Å²) in [6.07, 6.45) is 0.